The van der Waals surface area contributed by atoms with Crippen molar-refractivity contribution in [2.75, 3.05) is 7.11 Å². The van der Waals surface area contributed by atoms with Crippen molar-refractivity contribution in [3.63, 3.8) is 0 Å². The lowest BCUT2D eigenvalue weighted by Gasteiger charge is -2.09. The molecule has 124 valence electrons. The van der Waals surface area contributed by atoms with E-state index in [0.29, 0.717) is 0 Å². The summed E-state index contributed by atoms with van der Waals surface area (Å²) in [6.07, 6.45) is 1.53. The van der Waals surface area contributed by atoms with Gasteiger partial charge in [0.25, 0.3) is 0 Å². The van der Waals surface area contributed by atoms with Crippen LogP contribution in [0.15, 0.2) is 35.6 Å². The van der Waals surface area contributed by atoms with Gasteiger partial charge in [-0.05, 0) is 31.5 Å². The second-order valence-electron chi connectivity index (χ2n) is 5.28. The third-order valence-corrected chi connectivity index (χ3v) is 5.83. The normalized spacial score (nSPS) is 12.3. The topological polar surface area (TPSA) is 78.1 Å². The van der Waals surface area contributed by atoms with Crippen LogP contribution < -0.4 is 10.5 Å². The number of amides is 1. The highest BCUT2D eigenvalue weighted by atomic mass is 32.2. The van der Waals surface area contributed by atoms with E-state index in [0.717, 1.165) is 37.0 Å². The van der Waals surface area contributed by atoms with Crippen LogP contribution in [-0.2, 0) is 4.79 Å². The van der Waals surface area contributed by atoms with E-state index in [1.807, 2.05) is 24.3 Å². The van der Waals surface area contributed by atoms with Gasteiger partial charge in [-0.25, -0.2) is 9.97 Å². The molecule has 0 saturated carbocycles. The fourth-order valence-electron chi connectivity index (χ4n) is 2.44. The highest BCUT2D eigenvalue weighted by Gasteiger charge is 2.20. The summed E-state index contributed by atoms with van der Waals surface area (Å²) in [5.74, 6) is 0.453. The second-order valence-corrected chi connectivity index (χ2v) is 7.82. The number of aromatic nitrogens is 2. The number of hydrogen-bond donors (Lipinski definition) is 1. The van der Waals surface area contributed by atoms with Crippen molar-refractivity contribution >= 4 is 39.2 Å². The van der Waals surface area contributed by atoms with Gasteiger partial charge >= 0.3 is 0 Å². The first-order chi connectivity index (χ1) is 11.5. The van der Waals surface area contributed by atoms with Gasteiger partial charge in [-0.15, -0.1) is 11.3 Å². The number of methoxy groups -OCH3 is 1. The molecular formula is C17H17N3O2S2. The zero-order valence-electron chi connectivity index (χ0n) is 13.6. The van der Waals surface area contributed by atoms with Gasteiger partial charge in [-0.2, -0.15) is 0 Å². The first kappa shape index (κ1) is 16.7. The van der Waals surface area contributed by atoms with Crippen molar-refractivity contribution in [2.24, 2.45) is 5.73 Å². The highest BCUT2D eigenvalue weighted by Crippen LogP contribution is 2.42. The zero-order valence-corrected chi connectivity index (χ0v) is 15.2. The standard InChI is InChI=1S/C17H17N3O2S2/c1-9-13(11-4-6-12(22-3)7-5-11)14-16(23-9)19-8-20-17(14)24-10(2)15(18)21/h4-8,10H,1-3H3,(H2,18,21). The maximum atomic E-state index is 11.4. The number of carbonyl (C=O) groups is 1. The quantitative estimate of drug-likeness (QED) is 0.556. The van der Waals surface area contributed by atoms with Crippen LogP contribution in [0, 0.1) is 6.92 Å². The summed E-state index contributed by atoms with van der Waals surface area (Å²) in [5, 5.41) is 1.40. The second kappa shape index (κ2) is 6.78. The summed E-state index contributed by atoms with van der Waals surface area (Å²) in [4.78, 5) is 22.3. The number of fused-ring (bicyclic) bond motifs is 1. The van der Waals surface area contributed by atoms with Gasteiger partial charge in [0.1, 0.15) is 21.9 Å². The van der Waals surface area contributed by atoms with E-state index in [2.05, 4.69) is 16.9 Å². The molecule has 24 heavy (non-hydrogen) atoms. The van der Waals surface area contributed by atoms with Crippen molar-refractivity contribution in [3.8, 4) is 16.9 Å². The molecule has 0 fully saturated rings. The van der Waals surface area contributed by atoms with E-state index in [1.54, 1.807) is 25.4 Å². The van der Waals surface area contributed by atoms with Crippen molar-refractivity contribution in [1.29, 1.82) is 0 Å². The van der Waals surface area contributed by atoms with E-state index in [9.17, 15) is 4.79 Å². The first-order valence-electron chi connectivity index (χ1n) is 7.35. The SMILES string of the molecule is COc1ccc(-c2c(C)sc3ncnc(SC(C)C(N)=O)c23)cc1. The van der Waals surface area contributed by atoms with Crippen molar-refractivity contribution < 1.29 is 9.53 Å². The number of ether oxygens (including phenoxy) is 1. The Labute approximate surface area is 148 Å². The van der Waals surface area contributed by atoms with E-state index >= 15 is 0 Å². The molecule has 0 aliphatic heterocycles. The molecule has 0 aliphatic carbocycles. The molecule has 3 aromatic rings. The highest BCUT2D eigenvalue weighted by molar-refractivity contribution is 8.00. The third-order valence-electron chi connectivity index (χ3n) is 3.70. The van der Waals surface area contributed by atoms with Crippen LogP contribution in [0.4, 0.5) is 0 Å². The number of thiophene rings is 1. The van der Waals surface area contributed by atoms with E-state index in [-0.39, 0.29) is 11.2 Å². The molecule has 2 N–H and O–H groups in total. The molecule has 1 aromatic carbocycles. The Balaban J connectivity index is 2.16. The van der Waals surface area contributed by atoms with Gasteiger partial charge < -0.3 is 10.5 Å². The van der Waals surface area contributed by atoms with Crippen LogP contribution in [0.25, 0.3) is 21.3 Å². The molecule has 2 heterocycles. The Hall–Kier alpha value is -2.12. The van der Waals surface area contributed by atoms with Gasteiger partial charge in [0.05, 0.1) is 17.7 Å². The minimum atomic E-state index is -0.357. The summed E-state index contributed by atoms with van der Waals surface area (Å²) in [5.41, 5.74) is 7.57. The van der Waals surface area contributed by atoms with Gasteiger partial charge in [-0.1, -0.05) is 23.9 Å². The number of aryl methyl sites for hydroxylation is 1. The lowest BCUT2D eigenvalue weighted by Crippen LogP contribution is -2.22. The number of nitrogens with two attached hydrogens (primary N) is 1. The number of rotatable bonds is 5. The Morgan fingerprint density at radius 2 is 2.00 bits per heavy atom. The summed E-state index contributed by atoms with van der Waals surface area (Å²) in [6, 6.07) is 7.90. The summed E-state index contributed by atoms with van der Waals surface area (Å²) < 4.78 is 5.23. The molecule has 5 nitrogen and oxygen atoms in total. The average Bonchev–Trinajstić information content (AvgIpc) is 2.91. The number of primary amides is 1. The maximum absolute atomic E-state index is 11.4. The Morgan fingerprint density at radius 3 is 2.62 bits per heavy atom. The predicted octanol–water partition coefficient (Wildman–Crippen LogP) is 3.64. The van der Waals surface area contributed by atoms with Crippen molar-refractivity contribution in [1.82, 2.24) is 9.97 Å². The fourth-order valence-corrected chi connectivity index (χ4v) is 4.39. The van der Waals surface area contributed by atoms with Crippen LogP contribution in [0.5, 0.6) is 5.75 Å². The van der Waals surface area contributed by atoms with Crippen LogP contribution >= 0.6 is 23.1 Å². The molecule has 1 atom stereocenters. The van der Waals surface area contributed by atoms with Crippen LogP contribution in [-0.4, -0.2) is 28.2 Å². The van der Waals surface area contributed by atoms with E-state index in [4.69, 9.17) is 10.5 Å². The molecule has 1 unspecified atom stereocenters. The lowest BCUT2D eigenvalue weighted by atomic mass is 10.0. The van der Waals surface area contributed by atoms with Gasteiger partial charge in [0.15, 0.2) is 0 Å². The number of carbonyl (C=O) groups excluding carboxylic acids is 1. The number of nitrogens with zero attached hydrogens (tertiary/aromatic N) is 2. The molecule has 7 heteroatoms. The largest absolute Gasteiger partial charge is 0.497 e. The first-order valence-corrected chi connectivity index (χ1v) is 9.05. The molecule has 0 saturated heterocycles. The molecule has 0 bridgehead atoms. The summed E-state index contributed by atoms with van der Waals surface area (Å²) in [7, 11) is 1.65. The number of benzene rings is 1. The van der Waals surface area contributed by atoms with Crippen molar-refractivity contribution in [3.05, 3.63) is 35.5 Å². The van der Waals surface area contributed by atoms with Crippen LogP contribution in [0.2, 0.25) is 0 Å². The van der Waals surface area contributed by atoms with Crippen LogP contribution in [0.1, 0.15) is 11.8 Å². The van der Waals surface area contributed by atoms with E-state index < -0.39 is 0 Å². The molecule has 0 aliphatic rings. The number of hydrogen-bond acceptors (Lipinski definition) is 6. The molecular weight excluding hydrogens is 342 g/mol. The summed E-state index contributed by atoms with van der Waals surface area (Å²) >= 11 is 2.99. The summed E-state index contributed by atoms with van der Waals surface area (Å²) in [6.45, 7) is 3.85. The monoisotopic (exact) mass is 359 g/mol. The van der Waals surface area contributed by atoms with Crippen molar-refractivity contribution in [2.45, 2.75) is 24.1 Å². The average molecular weight is 359 g/mol. The molecule has 0 radical (unpaired) electrons. The minimum Gasteiger partial charge on any atom is -0.497 e. The smallest absolute Gasteiger partial charge is 0.230 e. The lowest BCUT2D eigenvalue weighted by molar-refractivity contribution is -0.117. The van der Waals surface area contributed by atoms with Gasteiger partial charge in [-0.3, -0.25) is 4.79 Å². The van der Waals surface area contributed by atoms with E-state index in [1.165, 1.54) is 18.1 Å². The zero-order chi connectivity index (χ0) is 17.3. The van der Waals surface area contributed by atoms with Gasteiger partial charge in [0, 0.05) is 10.4 Å². The number of thioether (sulfide) groups is 1. The molecule has 2 aromatic heterocycles. The Bertz CT molecular complexity index is 891. The third kappa shape index (κ3) is 3.09. The minimum absolute atomic E-state index is 0.355. The molecule has 3 rings (SSSR count). The Kier molecular flexibility index (Phi) is 4.73. The predicted molar refractivity (Wildman–Crippen MR) is 98.7 cm³/mol. The van der Waals surface area contributed by atoms with Gasteiger partial charge in [0.2, 0.25) is 5.91 Å². The molecule has 0 spiro atoms. The van der Waals surface area contributed by atoms with Crippen LogP contribution in [0.3, 0.4) is 0 Å². The molecule has 1 amide bonds. The maximum Gasteiger partial charge on any atom is 0.230 e. The Morgan fingerprint density at radius 1 is 1.29 bits per heavy atom. The fraction of sp³-hybridized carbons (Fsp3) is 0.235.